The summed E-state index contributed by atoms with van der Waals surface area (Å²) in [5.41, 5.74) is 6.50. The number of carbonyl (C=O) groups excluding carboxylic acids is 3. The molecule has 1 saturated heterocycles. The summed E-state index contributed by atoms with van der Waals surface area (Å²) < 4.78 is 2.63. The number of hydrogen-bond acceptors (Lipinski definition) is 5. The second-order valence-corrected chi connectivity index (χ2v) is 14.8. The summed E-state index contributed by atoms with van der Waals surface area (Å²) in [6.07, 6.45) is 4.06. The zero-order valence-electron chi connectivity index (χ0n) is 29.5. The number of aromatic hydroxyl groups is 1. The highest BCUT2D eigenvalue weighted by molar-refractivity contribution is 9.10. The third-order valence-electron chi connectivity index (χ3n) is 10.4. The second kappa shape index (κ2) is 14.1. The van der Waals surface area contributed by atoms with Crippen molar-refractivity contribution in [2.75, 3.05) is 38.1 Å². The summed E-state index contributed by atoms with van der Waals surface area (Å²) in [6.45, 7) is 5.05. The number of aryl methyl sites for hydroxylation is 1. The van der Waals surface area contributed by atoms with Gasteiger partial charge in [-0.15, -0.1) is 0 Å². The van der Waals surface area contributed by atoms with Crippen LogP contribution in [0, 0.1) is 6.92 Å². The third kappa shape index (κ3) is 6.62. The summed E-state index contributed by atoms with van der Waals surface area (Å²) in [6, 6.07) is 28.9. The topological polar surface area (TPSA) is 105 Å². The van der Waals surface area contributed by atoms with Gasteiger partial charge >= 0.3 is 0 Å². The number of likely N-dealkylation sites (N-methyl/N-ethyl adjacent to an activating group) is 1. The van der Waals surface area contributed by atoms with Crippen molar-refractivity contribution in [1.82, 2.24) is 24.3 Å². The molecule has 2 N–H and O–H groups in total. The Kier molecular flexibility index (Phi) is 9.13. The van der Waals surface area contributed by atoms with E-state index in [0.717, 1.165) is 45.3 Å². The number of halogens is 1. The van der Waals surface area contributed by atoms with E-state index >= 15 is 0 Å². The lowest BCUT2D eigenvalue weighted by atomic mass is 9.92. The molecule has 0 saturated carbocycles. The minimum atomic E-state index is -0.642. The summed E-state index contributed by atoms with van der Waals surface area (Å²) in [5, 5.41) is 11.0. The molecule has 1 atom stereocenters. The quantitative estimate of drug-likeness (QED) is 0.189. The maximum atomic E-state index is 14.8. The van der Waals surface area contributed by atoms with Crippen molar-refractivity contribution in [3.05, 3.63) is 142 Å². The smallest absolute Gasteiger partial charge is 0.264 e. The number of phenolic OH excluding ortho intramolecular Hbond substituents is 1. The highest BCUT2D eigenvalue weighted by Crippen LogP contribution is 2.34. The Hall–Kier alpha value is -5.65. The maximum Gasteiger partial charge on any atom is 0.264 e. The van der Waals surface area contributed by atoms with Crippen LogP contribution in [0.3, 0.4) is 0 Å². The number of piperazine rings is 1. The molecule has 0 aliphatic carbocycles. The normalized spacial score (nSPS) is 16.1. The number of benzene rings is 4. The molecule has 3 amide bonds. The highest BCUT2D eigenvalue weighted by atomic mass is 79.9. The molecule has 11 heteroatoms. The number of H-pyrrole nitrogens is 1. The van der Waals surface area contributed by atoms with Gasteiger partial charge in [0.05, 0.1) is 16.8 Å². The number of phenols is 1. The minimum absolute atomic E-state index is 0.0307. The number of amides is 3. The van der Waals surface area contributed by atoms with Gasteiger partial charge in [-0.3, -0.25) is 19.3 Å². The Bertz CT molecular complexity index is 2360. The van der Waals surface area contributed by atoms with Crippen molar-refractivity contribution in [3.8, 4) is 11.4 Å². The maximum absolute atomic E-state index is 14.8. The average molecular weight is 772 g/mol. The lowest BCUT2D eigenvalue weighted by molar-refractivity contribution is -0.138. The molecule has 53 heavy (non-hydrogen) atoms. The molecule has 8 rings (SSSR count). The van der Waals surface area contributed by atoms with Crippen LogP contribution in [0.1, 0.15) is 37.5 Å². The first kappa shape index (κ1) is 34.4. The third-order valence-corrected chi connectivity index (χ3v) is 10.9. The van der Waals surface area contributed by atoms with Gasteiger partial charge in [0.15, 0.2) is 0 Å². The van der Waals surface area contributed by atoms with Gasteiger partial charge in [0.1, 0.15) is 11.8 Å². The largest absolute Gasteiger partial charge is 0.508 e. The Morgan fingerprint density at radius 3 is 2.36 bits per heavy atom. The van der Waals surface area contributed by atoms with Crippen molar-refractivity contribution in [2.24, 2.45) is 0 Å². The van der Waals surface area contributed by atoms with E-state index in [-0.39, 0.29) is 23.5 Å². The van der Waals surface area contributed by atoms with Gasteiger partial charge in [0.2, 0.25) is 5.91 Å². The second-order valence-electron chi connectivity index (χ2n) is 13.9. The number of anilines is 2. The van der Waals surface area contributed by atoms with E-state index < -0.39 is 6.04 Å². The molecule has 0 unspecified atom stereocenters. The number of nitrogens with zero attached hydrogens (tertiary/aromatic N) is 5. The fourth-order valence-electron chi connectivity index (χ4n) is 7.48. The zero-order chi connectivity index (χ0) is 36.8. The molecule has 10 nitrogen and oxygen atoms in total. The molecule has 268 valence electrons. The SMILES string of the molecule is Cc1cc(C(=O)N(c2ccc(O)cc2)c2ccc3[nH]ccc3c2)cn1-c1cc(Br)ccc1C(=O)N1Cc2ccccc2C[C@H]1C(=O)N1CCN(C)CC1. The molecule has 0 bridgehead atoms. The van der Waals surface area contributed by atoms with Crippen LogP contribution in [0.5, 0.6) is 5.75 Å². The fraction of sp³-hybridized carbons (Fsp3) is 0.214. The van der Waals surface area contributed by atoms with Crippen LogP contribution in [0.2, 0.25) is 0 Å². The molecule has 2 aliphatic rings. The number of hydrogen-bond donors (Lipinski definition) is 2. The van der Waals surface area contributed by atoms with E-state index in [1.54, 1.807) is 46.3 Å². The predicted molar refractivity (Wildman–Crippen MR) is 209 cm³/mol. The van der Waals surface area contributed by atoms with E-state index in [9.17, 15) is 19.5 Å². The standard InChI is InChI=1S/C42H39BrN6O4/c1-27-21-31(40(51)49(33-8-11-35(50)12-9-33)34-10-14-37-29(22-34)15-16-44-37)26-47(27)38-24-32(43)7-13-36(38)41(52)48-25-30-6-4-3-5-28(30)23-39(48)42(53)46-19-17-45(2)18-20-46/h3-16,21-22,24,26,39,44,50H,17-20,23,25H2,1-2H3/t39-/m0/s1. The van der Waals surface area contributed by atoms with E-state index in [0.29, 0.717) is 54.2 Å². The number of fused-ring (bicyclic) bond motifs is 2. The Morgan fingerprint density at radius 1 is 0.849 bits per heavy atom. The van der Waals surface area contributed by atoms with Gasteiger partial charge in [0.25, 0.3) is 11.8 Å². The van der Waals surface area contributed by atoms with Crippen molar-refractivity contribution in [1.29, 1.82) is 0 Å². The fourth-order valence-corrected chi connectivity index (χ4v) is 7.83. The van der Waals surface area contributed by atoms with E-state index in [2.05, 4.69) is 32.9 Å². The van der Waals surface area contributed by atoms with Gasteiger partial charge in [0, 0.05) is 84.0 Å². The number of nitrogens with one attached hydrogen (secondary N) is 1. The van der Waals surface area contributed by atoms with E-state index in [1.807, 2.05) is 89.3 Å². The van der Waals surface area contributed by atoms with Gasteiger partial charge < -0.3 is 29.4 Å². The molecule has 4 aromatic carbocycles. The molecule has 2 aromatic heterocycles. The van der Waals surface area contributed by atoms with Gasteiger partial charge in [-0.1, -0.05) is 40.2 Å². The summed E-state index contributed by atoms with van der Waals surface area (Å²) in [7, 11) is 2.05. The summed E-state index contributed by atoms with van der Waals surface area (Å²) in [4.78, 5) is 54.2. The van der Waals surface area contributed by atoms with Crippen LogP contribution in [-0.2, 0) is 17.8 Å². The van der Waals surface area contributed by atoms with Crippen LogP contribution >= 0.6 is 15.9 Å². The first-order valence-electron chi connectivity index (χ1n) is 17.7. The van der Waals surface area contributed by atoms with Crippen LogP contribution in [0.4, 0.5) is 11.4 Å². The molecule has 1 fully saturated rings. The van der Waals surface area contributed by atoms with Gasteiger partial charge in [-0.25, -0.2) is 0 Å². The highest BCUT2D eigenvalue weighted by Gasteiger charge is 2.38. The Balaban J connectivity index is 1.16. The molecule has 0 spiro atoms. The Morgan fingerprint density at radius 2 is 1.58 bits per heavy atom. The number of rotatable bonds is 6. The Labute approximate surface area is 316 Å². The van der Waals surface area contributed by atoms with E-state index in [1.165, 1.54) is 0 Å². The monoisotopic (exact) mass is 770 g/mol. The zero-order valence-corrected chi connectivity index (χ0v) is 31.1. The minimum Gasteiger partial charge on any atom is -0.508 e. The molecule has 6 aromatic rings. The van der Waals surface area contributed by atoms with Gasteiger partial charge in [-0.2, -0.15) is 0 Å². The lowest BCUT2D eigenvalue weighted by Crippen LogP contribution is -2.57. The molecular formula is C42H39BrN6O4. The first-order chi connectivity index (χ1) is 25.6. The van der Waals surface area contributed by atoms with Crippen molar-refractivity contribution in [3.63, 3.8) is 0 Å². The molecule has 0 radical (unpaired) electrons. The summed E-state index contributed by atoms with van der Waals surface area (Å²) >= 11 is 3.62. The predicted octanol–water partition coefficient (Wildman–Crippen LogP) is 7.05. The lowest BCUT2D eigenvalue weighted by Gasteiger charge is -2.41. The van der Waals surface area contributed by atoms with Gasteiger partial charge in [-0.05, 0) is 97.9 Å². The van der Waals surface area contributed by atoms with Crippen LogP contribution in [0.15, 0.2) is 114 Å². The van der Waals surface area contributed by atoms with Crippen molar-refractivity contribution in [2.45, 2.75) is 25.9 Å². The van der Waals surface area contributed by atoms with Crippen LogP contribution < -0.4 is 4.90 Å². The van der Waals surface area contributed by atoms with Crippen LogP contribution in [0.25, 0.3) is 16.6 Å². The number of aromatic nitrogens is 2. The summed E-state index contributed by atoms with van der Waals surface area (Å²) in [5.74, 6) is -0.459. The van der Waals surface area contributed by atoms with E-state index in [4.69, 9.17) is 0 Å². The number of aromatic amines is 1. The first-order valence-corrected chi connectivity index (χ1v) is 18.5. The van der Waals surface area contributed by atoms with Crippen LogP contribution in [-0.4, -0.2) is 86.3 Å². The van der Waals surface area contributed by atoms with Crippen molar-refractivity contribution < 1.29 is 19.5 Å². The van der Waals surface area contributed by atoms with Crippen molar-refractivity contribution >= 4 is 55.9 Å². The number of carbonyl (C=O) groups is 3. The average Bonchev–Trinajstić information content (AvgIpc) is 3.81. The molecular weight excluding hydrogens is 732 g/mol. The molecule has 2 aliphatic heterocycles. The molecule has 4 heterocycles.